The average molecular weight is 373 g/mol. The van der Waals surface area contributed by atoms with Gasteiger partial charge in [0.05, 0.1) is 20.3 Å². The first kappa shape index (κ1) is 19.2. The van der Waals surface area contributed by atoms with Crippen molar-refractivity contribution in [2.75, 3.05) is 40.4 Å². The van der Waals surface area contributed by atoms with Crippen molar-refractivity contribution >= 4 is 5.91 Å². The molecule has 2 aromatic rings. The maximum absolute atomic E-state index is 12.6. The molecule has 0 saturated carbocycles. The molecule has 1 saturated heterocycles. The van der Waals surface area contributed by atoms with Crippen LogP contribution in [0.15, 0.2) is 30.9 Å². The minimum Gasteiger partial charge on any atom is -0.497 e. The summed E-state index contributed by atoms with van der Waals surface area (Å²) in [6, 6.07) is 5.90. The Hall–Kier alpha value is -2.61. The number of carbonyl (C=O) groups excluding carboxylic acids is 1. The number of amides is 1. The molecule has 0 N–H and O–H groups in total. The van der Waals surface area contributed by atoms with Gasteiger partial charge in [0.25, 0.3) is 0 Å². The highest BCUT2D eigenvalue weighted by Crippen LogP contribution is 2.26. The van der Waals surface area contributed by atoms with Gasteiger partial charge < -0.3 is 14.4 Å². The standard InChI is InChI=1S/C19H27N5O3/c1-15(24-14-20-13-21-24)10-19(25)23-8-6-22(7-9-23)12-16-4-5-17(26-2)11-18(16)27-3/h4-5,11,13-15H,6-10,12H2,1-3H3. The number of aromatic nitrogens is 3. The predicted octanol–water partition coefficient (Wildman–Crippen LogP) is 1.59. The maximum atomic E-state index is 12.6. The van der Waals surface area contributed by atoms with Crippen LogP contribution in [0.3, 0.4) is 0 Å². The molecule has 2 heterocycles. The summed E-state index contributed by atoms with van der Waals surface area (Å²) < 4.78 is 12.5. The van der Waals surface area contributed by atoms with Crippen LogP contribution >= 0.6 is 0 Å². The summed E-state index contributed by atoms with van der Waals surface area (Å²) in [7, 11) is 3.32. The number of rotatable bonds is 7. The molecule has 0 radical (unpaired) electrons. The molecule has 1 fully saturated rings. The molecular weight excluding hydrogens is 346 g/mol. The second-order valence-corrected chi connectivity index (χ2v) is 6.76. The zero-order chi connectivity index (χ0) is 19.2. The molecular formula is C19H27N5O3. The van der Waals surface area contributed by atoms with Crippen molar-refractivity contribution in [2.24, 2.45) is 0 Å². The summed E-state index contributed by atoms with van der Waals surface area (Å²) in [4.78, 5) is 20.8. The summed E-state index contributed by atoms with van der Waals surface area (Å²) in [5.41, 5.74) is 1.12. The molecule has 1 aliphatic heterocycles. The molecule has 0 aliphatic carbocycles. The Morgan fingerprint density at radius 2 is 1.96 bits per heavy atom. The van der Waals surface area contributed by atoms with Crippen molar-refractivity contribution in [1.82, 2.24) is 24.6 Å². The third-order valence-electron chi connectivity index (χ3n) is 4.97. The quantitative estimate of drug-likeness (QED) is 0.734. The van der Waals surface area contributed by atoms with E-state index in [2.05, 4.69) is 15.0 Å². The van der Waals surface area contributed by atoms with Crippen molar-refractivity contribution in [3.63, 3.8) is 0 Å². The lowest BCUT2D eigenvalue weighted by molar-refractivity contribution is -0.133. The van der Waals surface area contributed by atoms with Crippen LogP contribution in [0.2, 0.25) is 0 Å². The van der Waals surface area contributed by atoms with Crippen LogP contribution in [0.5, 0.6) is 11.5 Å². The molecule has 3 rings (SSSR count). The molecule has 1 amide bonds. The number of carbonyl (C=O) groups is 1. The second-order valence-electron chi connectivity index (χ2n) is 6.76. The van der Waals surface area contributed by atoms with E-state index < -0.39 is 0 Å². The number of hydrogen-bond acceptors (Lipinski definition) is 6. The van der Waals surface area contributed by atoms with Crippen LogP contribution in [0, 0.1) is 0 Å². The Bertz CT molecular complexity index is 742. The number of hydrogen-bond donors (Lipinski definition) is 0. The number of methoxy groups -OCH3 is 2. The number of benzene rings is 1. The Morgan fingerprint density at radius 3 is 2.59 bits per heavy atom. The van der Waals surface area contributed by atoms with Crippen LogP contribution in [-0.2, 0) is 11.3 Å². The Balaban J connectivity index is 1.51. The van der Waals surface area contributed by atoms with Gasteiger partial charge >= 0.3 is 0 Å². The lowest BCUT2D eigenvalue weighted by atomic mass is 10.1. The van der Waals surface area contributed by atoms with Gasteiger partial charge in [-0.3, -0.25) is 9.69 Å². The topological polar surface area (TPSA) is 72.7 Å². The zero-order valence-electron chi connectivity index (χ0n) is 16.2. The van der Waals surface area contributed by atoms with Gasteiger partial charge in [0.15, 0.2) is 0 Å². The molecule has 1 unspecified atom stereocenters. The van der Waals surface area contributed by atoms with Gasteiger partial charge in [0.2, 0.25) is 5.91 Å². The van der Waals surface area contributed by atoms with E-state index in [1.54, 1.807) is 25.2 Å². The first-order valence-corrected chi connectivity index (χ1v) is 9.16. The highest BCUT2D eigenvalue weighted by Gasteiger charge is 2.23. The Labute approximate surface area is 159 Å². The third-order valence-corrected chi connectivity index (χ3v) is 4.97. The zero-order valence-corrected chi connectivity index (χ0v) is 16.2. The molecule has 1 atom stereocenters. The first-order chi connectivity index (χ1) is 13.1. The van der Waals surface area contributed by atoms with Crippen molar-refractivity contribution in [3.05, 3.63) is 36.4 Å². The van der Waals surface area contributed by atoms with Gasteiger partial charge in [-0.2, -0.15) is 5.10 Å². The van der Waals surface area contributed by atoms with Crippen molar-refractivity contribution < 1.29 is 14.3 Å². The van der Waals surface area contributed by atoms with E-state index >= 15 is 0 Å². The lowest BCUT2D eigenvalue weighted by Gasteiger charge is -2.35. The minimum absolute atomic E-state index is 0.0154. The summed E-state index contributed by atoms with van der Waals surface area (Å²) in [5.74, 6) is 1.78. The van der Waals surface area contributed by atoms with Crippen molar-refractivity contribution in [2.45, 2.75) is 25.9 Å². The van der Waals surface area contributed by atoms with E-state index in [0.29, 0.717) is 6.42 Å². The fourth-order valence-electron chi connectivity index (χ4n) is 3.30. The Kier molecular flexibility index (Phi) is 6.28. The normalized spacial score (nSPS) is 16.2. The summed E-state index contributed by atoms with van der Waals surface area (Å²) >= 11 is 0. The monoisotopic (exact) mass is 373 g/mol. The third kappa shape index (κ3) is 4.77. The van der Waals surface area contributed by atoms with E-state index in [9.17, 15) is 4.79 Å². The molecule has 0 spiro atoms. The second kappa shape index (κ2) is 8.85. The molecule has 0 bridgehead atoms. The minimum atomic E-state index is 0.0154. The molecule has 146 valence electrons. The number of piperazine rings is 1. The van der Waals surface area contributed by atoms with Crippen LogP contribution in [0.1, 0.15) is 24.9 Å². The SMILES string of the molecule is COc1ccc(CN2CCN(C(=O)CC(C)n3cncn3)CC2)c(OC)c1. The number of ether oxygens (including phenoxy) is 2. The van der Waals surface area contributed by atoms with Gasteiger partial charge in [0, 0.05) is 50.8 Å². The molecule has 1 aliphatic rings. The van der Waals surface area contributed by atoms with Crippen LogP contribution in [0.25, 0.3) is 0 Å². The first-order valence-electron chi connectivity index (χ1n) is 9.16. The summed E-state index contributed by atoms with van der Waals surface area (Å²) in [5, 5.41) is 4.11. The van der Waals surface area contributed by atoms with E-state index in [1.807, 2.05) is 30.0 Å². The fourth-order valence-corrected chi connectivity index (χ4v) is 3.30. The van der Waals surface area contributed by atoms with Gasteiger partial charge in [-0.05, 0) is 13.0 Å². The van der Waals surface area contributed by atoms with Crippen LogP contribution < -0.4 is 9.47 Å². The molecule has 8 heteroatoms. The molecule has 8 nitrogen and oxygen atoms in total. The molecule has 1 aromatic carbocycles. The van der Waals surface area contributed by atoms with Crippen molar-refractivity contribution in [3.8, 4) is 11.5 Å². The lowest BCUT2D eigenvalue weighted by Crippen LogP contribution is -2.48. The van der Waals surface area contributed by atoms with Gasteiger partial charge in [-0.1, -0.05) is 6.07 Å². The predicted molar refractivity (Wildman–Crippen MR) is 101 cm³/mol. The van der Waals surface area contributed by atoms with E-state index in [0.717, 1.165) is 49.8 Å². The van der Waals surface area contributed by atoms with E-state index in [1.165, 1.54) is 6.33 Å². The average Bonchev–Trinajstić information content (AvgIpc) is 3.24. The fraction of sp³-hybridized carbons (Fsp3) is 0.526. The van der Waals surface area contributed by atoms with E-state index in [-0.39, 0.29) is 11.9 Å². The number of nitrogens with zero attached hydrogens (tertiary/aromatic N) is 5. The largest absolute Gasteiger partial charge is 0.497 e. The molecule has 27 heavy (non-hydrogen) atoms. The highest BCUT2D eigenvalue weighted by molar-refractivity contribution is 5.76. The molecule has 1 aromatic heterocycles. The maximum Gasteiger partial charge on any atom is 0.224 e. The summed E-state index contributed by atoms with van der Waals surface area (Å²) in [6.45, 7) is 5.95. The van der Waals surface area contributed by atoms with Gasteiger partial charge in [0.1, 0.15) is 24.2 Å². The smallest absolute Gasteiger partial charge is 0.224 e. The van der Waals surface area contributed by atoms with Crippen molar-refractivity contribution in [1.29, 1.82) is 0 Å². The van der Waals surface area contributed by atoms with Gasteiger partial charge in [-0.25, -0.2) is 9.67 Å². The van der Waals surface area contributed by atoms with Gasteiger partial charge in [-0.15, -0.1) is 0 Å². The highest BCUT2D eigenvalue weighted by atomic mass is 16.5. The Morgan fingerprint density at radius 1 is 1.19 bits per heavy atom. The van der Waals surface area contributed by atoms with Crippen LogP contribution in [0.4, 0.5) is 0 Å². The summed E-state index contributed by atoms with van der Waals surface area (Å²) in [6.07, 6.45) is 3.58. The van der Waals surface area contributed by atoms with E-state index in [4.69, 9.17) is 9.47 Å². The van der Waals surface area contributed by atoms with Crippen LogP contribution in [-0.4, -0.2) is 70.9 Å².